The molecule has 84 valence electrons. The second-order valence-electron chi connectivity index (χ2n) is 2.59. The predicted octanol–water partition coefficient (Wildman–Crippen LogP) is -1.59. The minimum absolute atomic E-state index is 0. The van der Waals surface area contributed by atoms with E-state index in [4.69, 9.17) is 5.73 Å². The molecule has 1 heterocycles. The number of piperazine rings is 1. The molecule has 14 heavy (non-hydrogen) atoms. The van der Waals surface area contributed by atoms with Crippen LogP contribution in [0.5, 0.6) is 0 Å². The number of nitrogens with one attached hydrogen (secondary N) is 1. The van der Waals surface area contributed by atoms with Crippen LogP contribution in [0.1, 0.15) is 6.92 Å². The number of rotatable bonds is 0. The van der Waals surface area contributed by atoms with Crippen LogP contribution in [-0.4, -0.2) is 67.5 Å². The molecule has 0 radical (unpaired) electrons. The maximum absolute atomic E-state index is 10.7. The summed E-state index contributed by atoms with van der Waals surface area (Å²) in [5, 5.41) is 3.18. The number of thiocarbonyl (C=S) groups is 1. The fraction of sp³-hybridized carbons (Fsp3) is 0.714. The van der Waals surface area contributed by atoms with Crippen molar-refractivity contribution in [3.8, 4) is 0 Å². The van der Waals surface area contributed by atoms with Gasteiger partial charge < -0.3 is 16.0 Å². The molecule has 1 saturated heterocycles. The Kier molecular flexibility index (Phi) is 12.2. The summed E-state index contributed by atoms with van der Waals surface area (Å²) in [6.07, 6.45) is 0. The van der Waals surface area contributed by atoms with E-state index in [9.17, 15) is 4.79 Å². The number of hydrogen-bond acceptors (Lipinski definition) is 3. The predicted molar refractivity (Wildman–Crippen MR) is 70.8 cm³/mol. The molecule has 0 spiro atoms. The molecule has 1 amide bonds. The molecule has 1 fully saturated rings. The number of amides is 1. The molecule has 0 bridgehead atoms. The number of carbonyl (C=O) groups is 1. The quantitative estimate of drug-likeness (QED) is 0.245. The van der Waals surface area contributed by atoms with E-state index < -0.39 is 0 Å². The van der Waals surface area contributed by atoms with Gasteiger partial charge in [-0.1, -0.05) is 12.2 Å². The monoisotopic (exact) mass is 433 g/mol. The van der Waals surface area contributed by atoms with Crippen molar-refractivity contribution >= 4 is 61.3 Å². The van der Waals surface area contributed by atoms with Gasteiger partial charge in [-0.2, -0.15) is 0 Å². The first-order chi connectivity index (χ1) is 6.04. The van der Waals surface area contributed by atoms with Crippen LogP contribution in [0.4, 0.5) is 0 Å². The molecule has 4 nitrogen and oxygen atoms in total. The van der Waals surface area contributed by atoms with Gasteiger partial charge in [-0.25, -0.2) is 0 Å². The standard InChI is InChI=1S/C6H12N2O.CH3NS2.Bi.3H/c1-6(9)8-4-2-7-3-5-8;2-1(3)4;;;;/h7H,2-5H2,1H3;(H3,2,3,4);;;;. The summed E-state index contributed by atoms with van der Waals surface area (Å²) in [6, 6.07) is 0. The zero-order valence-electron chi connectivity index (χ0n) is 8.32. The van der Waals surface area contributed by atoms with E-state index in [0.717, 1.165) is 26.2 Å². The average molecular weight is 433 g/mol. The Labute approximate surface area is 115 Å². The summed E-state index contributed by atoms with van der Waals surface area (Å²) in [6.45, 7) is 5.25. The van der Waals surface area contributed by atoms with Gasteiger partial charge in [0.1, 0.15) is 4.32 Å². The van der Waals surface area contributed by atoms with Crippen LogP contribution in [0.25, 0.3) is 0 Å². The van der Waals surface area contributed by atoms with Crippen molar-refractivity contribution in [3.63, 3.8) is 0 Å². The van der Waals surface area contributed by atoms with Gasteiger partial charge in [-0.3, -0.25) is 4.79 Å². The normalized spacial score (nSPS) is 14.6. The Morgan fingerprint density at radius 3 is 2.07 bits per heavy atom. The zero-order chi connectivity index (χ0) is 10.3. The number of nitrogens with two attached hydrogens (primary N) is 1. The molecule has 0 aromatic carbocycles. The van der Waals surface area contributed by atoms with Crippen molar-refractivity contribution in [2.75, 3.05) is 26.2 Å². The van der Waals surface area contributed by atoms with E-state index >= 15 is 0 Å². The molecular formula is C7H18BiN3OS2. The van der Waals surface area contributed by atoms with Gasteiger partial charge in [0.05, 0.1) is 0 Å². The van der Waals surface area contributed by atoms with Crippen molar-refractivity contribution in [3.05, 3.63) is 0 Å². The Hall–Kier alpha value is 0.553. The van der Waals surface area contributed by atoms with E-state index in [1.54, 1.807) is 6.92 Å². The second-order valence-corrected chi connectivity index (χ2v) is 3.82. The molecule has 7 heteroatoms. The van der Waals surface area contributed by atoms with Crippen molar-refractivity contribution < 1.29 is 4.79 Å². The third-order valence-electron chi connectivity index (χ3n) is 1.56. The van der Waals surface area contributed by atoms with Gasteiger partial charge >= 0.3 is 26.2 Å². The van der Waals surface area contributed by atoms with Crippen molar-refractivity contribution in [1.82, 2.24) is 10.2 Å². The Morgan fingerprint density at radius 1 is 1.50 bits per heavy atom. The number of nitrogens with zero attached hydrogens (tertiary/aromatic N) is 1. The molecule has 1 aliphatic heterocycles. The molecule has 0 atom stereocenters. The fourth-order valence-electron chi connectivity index (χ4n) is 0.980. The van der Waals surface area contributed by atoms with Gasteiger partial charge in [-0.15, -0.1) is 12.6 Å². The van der Waals surface area contributed by atoms with Gasteiger partial charge in [-0.05, 0) is 0 Å². The molecule has 3 N–H and O–H groups in total. The van der Waals surface area contributed by atoms with Crippen molar-refractivity contribution in [2.24, 2.45) is 5.73 Å². The number of hydrogen-bond donors (Lipinski definition) is 3. The molecule has 0 aromatic heterocycles. The number of thiol groups is 1. The Morgan fingerprint density at radius 2 is 1.86 bits per heavy atom. The summed E-state index contributed by atoms with van der Waals surface area (Å²) < 4.78 is 0.194. The van der Waals surface area contributed by atoms with Crippen molar-refractivity contribution in [1.29, 1.82) is 0 Å². The van der Waals surface area contributed by atoms with Crippen LogP contribution in [-0.2, 0) is 4.79 Å². The topological polar surface area (TPSA) is 58.4 Å². The summed E-state index contributed by atoms with van der Waals surface area (Å²) >= 11 is 7.65. The minimum atomic E-state index is 0. The van der Waals surface area contributed by atoms with E-state index in [2.05, 4.69) is 30.2 Å². The molecule has 0 aliphatic carbocycles. The molecule has 1 aliphatic rings. The third-order valence-corrected chi connectivity index (χ3v) is 1.56. The van der Waals surface area contributed by atoms with Crippen LogP contribution in [0.15, 0.2) is 0 Å². The van der Waals surface area contributed by atoms with Crippen LogP contribution >= 0.6 is 24.8 Å². The van der Waals surface area contributed by atoms with E-state index in [-0.39, 0.29) is 36.4 Å². The van der Waals surface area contributed by atoms with Crippen LogP contribution in [0.3, 0.4) is 0 Å². The van der Waals surface area contributed by atoms with Crippen LogP contribution < -0.4 is 11.1 Å². The van der Waals surface area contributed by atoms with E-state index in [0.29, 0.717) is 0 Å². The van der Waals surface area contributed by atoms with Gasteiger partial charge in [0.25, 0.3) is 0 Å². The second kappa shape index (κ2) is 10.1. The molecular weight excluding hydrogens is 415 g/mol. The summed E-state index contributed by atoms with van der Waals surface area (Å²) in [7, 11) is 0. The van der Waals surface area contributed by atoms with Crippen LogP contribution in [0.2, 0.25) is 0 Å². The Balaban J connectivity index is 0. The first-order valence-corrected chi connectivity index (χ1v) is 4.84. The summed E-state index contributed by atoms with van der Waals surface area (Å²) in [5.41, 5.74) is 4.71. The van der Waals surface area contributed by atoms with Gasteiger partial charge in [0.2, 0.25) is 5.91 Å². The fourth-order valence-corrected chi connectivity index (χ4v) is 0.980. The molecule has 1 rings (SSSR count). The molecule has 0 unspecified atom stereocenters. The van der Waals surface area contributed by atoms with Gasteiger partial charge in [0.15, 0.2) is 0 Å². The van der Waals surface area contributed by atoms with Crippen molar-refractivity contribution in [2.45, 2.75) is 6.92 Å². The molecule has 0 saturated carbocycles. The van der Waals surface area contributed by atoms with Crippen LogP contribution in [0, 0.1) is 0 Å². The molecule has 0 aromatic rings. The van der Waals surface area contributed by atoms with E-state index in [1.165, 1.54) is 0 Å². The summed E-state index contributed by atoms with van der Waals surface area (Å²) in [4.78, 5) is 12.6. The first-order valence-electron chi connectivity index (χ1n) is 3.98. The average Bonchev–Trinajstić information content (AvgIpc) is 2.05. The Bertz CT molecular complexity index is 182. The van der Waals surface area contributed by atoms with E-state index in [1.807, 2.05) is 4.90 Å². The third kappa shape index (κ3) is 10.6. The first kappa shape index (κ1) is 17.0. The van der Waals surface area contributed by atoms with Gasteiger partial charge in [0, 0.05) is 33.1 Å². The zero-order valence-corrected chi connectivity index (χ0v) is 15.5. The summed E-state index contributed by atoms with van der Waals surface area (Å²) in [5.74, 6) is 0.191. The number of carbonyl (C=O) groups excluding carboxylic acids is 1. The maximum atomic E-state index is 10.7. The SMILES string of the molecule is CC(=O)N1CCNCC1.NC(=S)S.[BiH3].